The SMILES string of the molecule is CCCCNC1=NC(C)CN=C(N)N1. The molecule has 0 saturated carbocycles. The van der Waals surface area contributed by atoms with Crippen LogP contribution in [0.4, 0.5) is 0 Å². The minimum absolute atomic E-state index is 0.188. The molecule has 1 aliphatic heterocycles. The van der Waals surface area contributed by atoms with Gasteiger partial charge < -0.3 is 11.1 Å². The van der Waals surface area contributed by atoms with Gasteiger partial charge in [-0.1, -0.05) is 13.3 Å². The van der Waals surface area contributed by atoms with E-state index in [1.807, 2.05) is 6.92 Å². The van der Waals surface area contributed by atoms with Crippen LogP contribution in [0.1, 0.15) is 26.7 Å². The number of unbranched alkanes of at least 4 members (excludes halogenated alkanes) is 1. The number of nitrogens with one attached hydrogen (secondary N) is 2. The Kier molecular flexibility index (Phi) is 4.22. The van der Waals surface area contributed by atoms with Crippen molar-refractivity contribution in [1.82, 2.24) is 10.6 Å². The van der Waals surface area contributed by atoms with E-state index in [1.165, 1.54) is 6.42 Å². The second-order valence-corrected chi connectivity index (χ2v) is 3.46. The molecule has 0 aromatic rings. The Morgan fingerprint density at radius 3 is 3.14 bits per heavy atom. The summed E-state index contributed by atoms with van der Waals surface area (Å²) >= 11 is 0. The summed E-state index contributed by atoms with van der Waals surface area (Å²) in [6.07, 6.45) is 2.30. The predicted octanol–water partition coefficient (Wildman–Crippen LogP) is 0.0385. The van der Waals surface area contributed by atoms with E-state index < -0.39 is 0 Å². The molecule has 0 saturated heterocycles. The van der Waals surface area contributed by atoms with Crippen LogP contribution in [0.2, 0.25) is 0 Å². The van der Waals surface area contributed by atoms with Crippen molar-refractivity contribution < 1.29 is 0 Å². The third-order valence-corrected chi connectivity index (χ3v) is 1.94. The smallest absolute Gasteiger partial charge is 0.198 e. The zero-order valence-electron chi connectivity index (χ0n) is 8.88. The third-order valence-electron chi connectivity index (χ3n) is 1.94. The van der Waals surface area contributed by atoms with Crippen LogP contribution < -0.4 is 16.4 Å². The molecule has 0 aromatic carbocycles. The number of nitrogens with two attached hydrogens (primary N) is 1. The van der Waals surface area contributed by atoms with E-state index in [2.05, 4.69) is 27.5 Å². The minimum atomic E-state index is 0.188. The maximum Gasteiger partial charge on any atom is 0.198 e. The van der Waals surface area contributed by atoms with Crippen LogP contribution in [0.3, 0.4) is 0 Å². The summed E-state index contributed by atoms with van der Waals surface area (Å²) in [6.45, 7) is 5.74. The number of guanidine groups is 2. The van der Waals surface area contributed by atoms with Crippen molar-refractivity contribution in [2.75, 3.05) is 13.1 Å². The van der Waals surface area contributed by atoms with Gasteiger partial charge in [-0.05, 0) is 13.3 Å². The highest BCUT2D eigenvalue weighted by Crippen LogP contribution is 1.94. The highest BCUT2D eigenvalue weighted by molar-refractivity contribution is 5.98. The molecule has 1 atom stereocenters. The van der Waals surface area contributed by atoms with Gasteiger partial charge in [-0.2, -0.15) is 0 Å². The molecule has 5 nitrogen and oxygen atoms in total. The Labute approximate surface area is 84.9 Å². The molecular formula is C9H19N5. The van der Waals surface area contributed by atoms with Crippen molar-refractivity contribution in [2.45, 2.75) is 32.7 Å². The molecule has 14 heavy (non-hydrogen) atoms. The molecule has 1 rings (SSSR count). The fraction of sp³-hybridized carbons (Fsp3) is 0.778. The number of aliphatic imine (C=N–C) groups is 2. The third kappa shape index (κ3) is 3.64. The second-order valence-electron chi connectivity index (χ2n) is 3.46. The Hall–Kier alpha value is -1.26. The Balaban J connectivity index is 2.45. The standard InChI is InChI=1S/C9H19N5/c1-3-4-5-11-9-13-7(2)6-12-8(10)14-9/h7H,3-6H2,1-2H3,(H4,10,11,12,13,14). The molecule has 1 unspecified atom stereocenters. The lowest BCUT2D eigenvalue weighted by atomic mass is 10.3. The van der Waals surface area contributed by atoms with Crippen LogP contribution in [0.25, 0.3) is 0 Å². The van der Waals surface area contributed by atoms with Crippen molar-refractivity contribution in [1.29, 1.82) is 0 Å². The predicted molar refractivity (Wildman–Crippen MR) is 59.4 cm³/mol. The van der Waals surface area contributed by atoms with E-state index >= 15 is 0 Å². The highest BCUT2D eigenvalue weighted by Gasteiger charge is 2.08. The monoisotopic (exact) mass is 197 g/mol. The lowest BCUT2D eigenvalue weighted by Crippen LogP contribution is -2.44. The first-order valence-corrected chi connectivity index (χ1v) is 5.11. The lowest BCUT2D eigenvalue weighted by molar-refractivity contribution is 0.724. The summed E-state index contributed by atoms with van der Waals surface area (Å²) in [4.78, 5) is 8.51. The van der Waals surface area contributed by atoms with Gasteiger partial charge >= 0.3 is 0 Å². The maximum absolute atomic E-state index is 5.61. The van der Waals surface area contributed by atoms with Gasteiger partial charge in [-0.3, -0.25) is 10.3 Å². The molecule has 0 spiro atoms. The molecule has 80 valence electrons. The van der Waals surface area contributed by atoms with Crippen molar-refractivity contribution in [2.24, 2.45) is 15.7 Å². The zero-order chi connectivity index (χ0) is 10.4. The van der Waals surface area contributed by atoms with Gasteiger partial charge in [0.05, 0.1) is 12.6 Å². The average molecular weight is 197 g/mol. The van der Waals surface area contributed by atoms with Crippen LogP contribution >= 0.6 is 0 Å². The fourth-order valence-corrected chi connectivity index (χ4v) is 1.16. The van der Waals surface area contributed by atoms with E-state index in [0.29, 0.717) is 12.5 Å². The molecule has 1 heterocycles. The van der Waals surface area contributed by atoms with Crippen molar-refractivity contribution >= 4 is 11.9 Å². The van der Waals surface area contributed by atoms with Crippen LogP contribution in [-0.2, 0) is 0 Å². The first-order chi connectivity index (χ1) is 6.72. The number of hydrogen-bond acceptors (Lipinski definition) is 5. The maximum atomic E-state index is 5.61. The van der Waals surface area contributed by atoms with Gasteiger partial charge in [0.1, 0.15) is 0 Å². The molecule has 0 radical (unpaired) electrons. The average Bonchev–Trinajstić information content (AvgIpc) is 2.29. The molecule has 0 aliphatic carbocycles. The first-order valence-electron chi connectivity index (χ1n) is 5.11. The van der Waals surface area contributed by atoms with Gasteiger partial charge in [0.25, 0.3) is 0 Å². The fourth-order valence-electron chi connectivity index (χ4n) is 1.16. The Morgan fingerprint density at radius 2 is 2.43 bits per heavy atom. The van der Waals surface area contributed by atoms with Crippen LogP contribution in [0.15, 0.2) is 9.98 Å². The summed E-state index contributed by atoms with van der Waals surface area (Å²) in [5.41, 5.74) is 5.61. The zero-order valence-corrected chi connectivity index (χ0v) is 8.88. The number of nitrogens with zero attached hydrogens (tertiary/aromatic N) is 2. The lowest BCUT2D eigenvalue weighted by Gasteiger charge is -2.09. The first kappa shape index (κ1) is 10.8. The Bertz CT molecular complexity index is 233. The highest BCUT2D eigenvalue weighted by atomic mass is 15.3. The van der Waals surface area contributed by atoms with Gasteiger partial charge in [0.2, 0.25) is 0 Å². The van der Waals surface area contributed by atoms with Crippen molar-refractivity contribution in [3.63, 3.8) is 0 Å². The van der Waals surface area contributed by atoms with Crippen LogP contribution in [0, 0.1) is 0 Å². The molecule has 0 fully saturated rings. The van der Waals surface area contributed by atoms with E-state index in [0.717, 1.165) is 18.9 Å². The summed E-state index contributed by atoms with van der Waals surface area (Å²) in [6, 6.07) is 0.188. The van der Waals surface area contributed by atoms with Gasteiger partial charge in [0, 0.05) is 6.54 Å². The van der Waals surface area contributed by atoms with Gasteiger partial charge in [-0.15, -0.1) is 0 Å². The van der Waals surface area contributed by atoms with E-state index in [1.54, 1.807) is 0 Å². The van der Waals surface area contributed by atoms with E-state index in [4.69, 9.17) is 5.73 Å². The number of rotatable bonds is 3. The molecule has 0 aromatic heterocycles. The van der Waals surface area contributed by atoms with Gasteiger partial charge in [-0.25, -0.2) is 4.99 Å². The minimum Gasteiger partial charge on any atom is -0.370 e. The van der Waals surface area contributed by atoms with Crippen molar-refractivity contribution in [3.05, 3.63) is 0 Å². The summed E-state index contributed by atoms with van der Waals surface area (Å²) < 4.78 is 0. The van der Waals surface area contributed by atoms with Crippen LogP contribution in [0.5, 0.6) is 0 Å². The topological polar surface area (TPSA) is 74.8 Å². The van der Waals surface area contributed by atoms with E-state index in [9.17, 15) is 0 Å². The number of hydrogen-bond donors (Lipinski definition) is 3. The quantitative estimate of drug-likeness (QED) is 0.559. The Morgan fingerprint density at radius 1 is 1.64 bits per heavy atom. The molecule has 4 N–H and O–H groups in total. The molecular weight excluding hydrogens is 178 g/mol. The van der Waals surface area contributed by atoms with Crippen LogP contribution in [-0.4, -0.2) is 31.1 Å². The molecule has 5 heteroatoms. The largest absolute Gasteiger partial charge is 0.370 e. The van der Waals surface area contributed by atoms with Crippen molar-refractivity contribution in [3.8, 4) is 0 Å². The van der Waals surface area contributed by atoms with E-state index in [-0.39, 0.29) is 6.04 Å². The second kappa shape index (κ2) is 5.47. The summed E-state index contributed by atoms with van der Waals surface area (Å²) in [7, 11) is 0. The summed E-state index contributed by atoms with van der Waals surface area (Å²) in [5, 5.41) is 6.14. The molecule has 0 amide bonds. The summed E-state index contributed by atoms with van der Waals surface area (Å²) in [5.74, 6) is 1.18. The molecule has 0 bridgehead atoms. The van der Waals surface area contributed by atoms with Gasteiger partial charge in [0.15, 0.2) is 11.9 Å². The normalized spacial score (nSPS) is 21.7. The molecule has 1 aliphatic rings.